The van der Waals surface area contributed by atoms with E-state index < -0.39 is 4.84 Å². The normalized spacial score (nSPS) is 16.1. The van der Waals surface area contributed by atoms with Crippen molar-refractivity contribution in [1.82, 2.24) is 9.80 Å². The molecule has 0 atom stereocenters. The highest BCUT2D eigenvalue weighted by atomic mass is 35.5. The van der Waals surface area contributed by atoms with Gasteiger partial charge in [0.2, 0.25) is 5.91 Å². The highest BCUT2D eigenvalue weighted by molar-refractivity contribution is 6.53. The first-order chi connectivity index (χ1) is 7.56. The molecule has 1 saturated heterocycles. The van der Waals surface area contributed by atoms with Crippen molar-refractivity contribution in [3.8, 4) is 6.07 Å². The fraction of sp³-hybridized carbons (Fsp3) is 0.667. The summed E-state index contributed by atoms with van der Waals surface area (Å²) in [5.41, 5.74) is 0. The molecule has 0 aromatic rings. The Morgan fingerprint density at radius 2 is 1.69 bits per heavy atom. The molecule has 0 N–H and O–H groups in total. The predicted octanol–water partition coefficient (Wildman–Crippen LogP) is 0.375. The van der Waals surface area contributed by atoms with Gasteiger partial charge in [-0.1, -0.05) is 23.2 Å². The van der Waals surface area contributed by atoms with E-state index >= 15 is 0 Å². The Morgan fingerprint density at radius 3 is 2.12 bits per heavy atom. The third-order valence-electron chi connectivity index (χ3n) is 2.36. The number of alkyl halides is 2. The smallest absolute Gasteiger partial charge is 0.255 e. The Hall–Kier alpha value is -0.990. The molecule has 7 heteroatoms. The van der Waals surface area contributed by atoms with Crippen LogP contribution in [-0.4, -0.2) is 52.6 Å². The summed E-state index contributed by atoms with van der Waals surface area (Å²) in [4.78, 5) is 24.8. The van der Waals surface area contributed by atoms with Crippen LogP contribution in [0.15, 0.2) is 0 Å². The SMILES string of the molecule is N#CCC(=O)N1CCN(C(=O)C(Cl)Cl)CC1. The number of hydrogen-bond acceptors (Lipinski definition) is 3. The highest BCUT2D eigenvalue weighted by Crippen LogP contribution is 2.10. The molecule has 88 valence electrons. The number of halogens is 2. The van der Waals surface area contributed by atoms with Gasteiger partial charge in [-0.2, -0.15) is 5.26 Å². The fourth-order valence-electron chi connectivity index (χ4n) is 1.49. The topological polar surface area (TPSA) is 64.4 Å². The van der Waals surface area contributed by atoms with Gasteiger partial charge in [-0.05, 0) is 0 Å². The lowest BCUT2D eigenvalue weighted by molar-refractivity contribution is -0.138. The van der Waals surface area contributed by atoms with Crippen molar-refractivity contribution in [2.24, 2.45) is 0 Å². The van der Waals surface area contributed by atoms with E-state index in [2.05, 4.69) is 0 Å². The van der Waals surface area contributed by atoms with Gasteiger partial charge in [0.05, 0.1) is 6.07 Å². The number of nitriles is 1. The number of amides is 2. The molecule has 1 aliphatic rings. The molecular weight excluding hydrogens is 253 g/mol. The molecule has 0 saturated carbocycles. The first kappa shape index (κ1) is 13.1. The maximum Gasteiger partial charge on any atom is 0.255 e. The molecule has 0 aromatic heterocycles. The fourth-order valence-corrected chi connectivity index (χ4v) is 1.77. The molecule has 0 unspecified atom stereocenters. The third-order valence-corrected chi connectivity index (χ3v) is 2.73. The molecule has 0 radical (unpaired) electrons. The molecule has 5 nitrogen and oxygen atoms in total. The lowest BCUT2D eigenvalue weighted by Crippen LogP contribution is -2.51. The van der Waals surface area contributed by atoms with Crippen LogP contribution in [0.4, 0.5) is 0 Å². The van der Waals surface area contributed by atoms with Crippen molar-refractivity contribution >= 4 is 35.0 Å². The number of carbonyl (C=O) groups excluding carboxylic acids is 2. The van der Waals surface area contributed by atoms with E-state index in [-0.39, 0.29) is 18.2 Å². The van der Waals surface area contributed by atoms with Gasteiger partial charge in [0.1, 0.15) is 6.42 Å². The van der Waals surface area contributed by atoms with Gasteiger partial charge >= 0.3 is 0 Å². The molecule has 1 heterocycles. The first-order valence-corrected chi connectivity index (χ1v) is 5.65. The minimum Gasteiger partial charge on any atom is -0.338 e. The molecule has 1 aliphatic heterocycles. The summed E-state index contributed by atoms with van der Waals surface area (Å²) < 4.78 is 0. The van der Waals surface area contributed by atoms with Crippen LogP contribution in [-0.2, 0) is 9.59 Å². The summed E-state index contributed by atoms with van der Waals surface area (Å²) in [5, 5.41) is 8.38. The maximum absolute atomic E-state index is 11.4. The summed E-state index contributed by atoms with van der Waals surface area (Å²) in [6.45, 7) is 1.66. The maximum atomic E-state index is 11.4. The van der Waals surface area contributed by atoms with E-state index in [9.17, 15) is 9.59 Å². The van der Waals surface area contributed by atoms with Crippen molar-refractivity contribution in [1.29, 1.82) is 5.26 Å². The first-order valence-electron chi connectivity index (χ1n) is 4.78. The minimum absolute atomic E-state index is 0.123. The van der Waals surface area contributed by atoms with Crippen LogP contribution in [0.3, 0.4) is 0 Å². The average molecular weight is 264 g/mol. The number of piperazine rings is 1. The second-order valence-electron chi connectivity index (χ2n) is 3.34. The Labute approximate surface area is 103 Å². The summed E-state index contributed by atoms with van der Waals surface area (Å²) in [6.07, 6.45) is -0.123. The standard InChI is InChI=1S/C9H11Cl2N3O2/c10-8(11)9(16)14-5-3-13(4-6-14)7(15)1-2-12/h8H,1,3-6H2. The van der Waals surface area contributed by atoms with E-state index in [1.54, 1.807) is 11.0 Å². The van der Waals surface area contributed by atoms with Crippen molar-refractivity contribution in [3.05, 3.63) is 0 Å². The largest absolute Gasteiger partial charge is 0.338 e. The number of nitrogens with zero attached hydrogens (tertiary/aromatic N) is 3. The van der Waals surface area contributed by atoms with Crippen molar-refractivity contribution < 1.29 is 9.59 Å². The van der Waals surface area contributed by atoms with Gasteiger partial charge in [0, 0.05) is 26.2 Å². The zero-order chi connectivity index (χ0) is 12.1. The summed E-state index contributed by atoms with van der Waals surface area (Å²) in [5.74, 6) is -0.543. The summed E-state index contributed by atoms with van der Waals surface area (Å²) in [6, 6.07) is 1.80. The Balaban J connectivity index is 2.43. The summed E-state index contributed by atoms with van der Waals surface area (Å²) in [7, 11) is 0. The van der Waals surface area contributed by atoms with E-state index in [0.29, 0.717) is 26.2 Å². The lowest BCUT2D eigenvalue weighted by Gasteiger charge is -2.34. The van der Waals surface area contributed by atoms with Crippen molar-refractivity contribution in [2.75, 3.05) is 26.2 Å². The van der Waals surface area contributed by atoms with Gasteiger partial charge < -0.3 is 9.80 Å². The lowest BCUT2D eigenvalue weighted by atomic mass is 10.3. The summed E-state index contributed by atoms with van der Waals surface area (Å²) >= 11 is 10.9. The molecule has 1 rings (SSSR count). The minimum atomic E-state index is -1.05. The van der Waals surface area contributed by atoms with Crippen molar-refractivity contribution in [3.63, 3.8) is 0 Å². The van der Waals surface area contributed by atoms with Crippen LogP contribution in [0.25, 0.3) is 0 Å². The molecule has 2 amide bonds. The van der Waals surface area contributed by atoms with Crippen LogP contribution >= 0.6 is 23.2 Å². The zero-order valence-electron chi connectivity index (χ0n) is 8.53. The molecule has 1 fully saturated rings. The molecule has 0 spiro atoms. The van der Waals surface area contributed by atoms with Crippen LogP contribution in [0, 0.1) is 11.3 Å². The number of hydrogen-bond donors (Lipinski definition) is 0. The van der Waals surface area contributed by atoms with Gasteiger partial charge in [-0.3, -0.25) is 9.59 Å². The quantitative estimate of drug-likeness (QED) is 0.677. The van der Waals surface area contributed by atoms with Crippen LogP contribution in [0.1, 0.15) is 6.42 Å². The Bertz CT molecular complexity index is 319. The van der Waals surface area contributed by atoms with Crippen LogP contribution in [0.5, 0.6) is 0 Å². The predicted molar refractivity (Wildman–Crippen MR) is 58.9 cm³/mol. The highest BCUT2D eigenvalue weighted by Gasteiger charge is 2.26. The molecule has 0 bridgehead atoms. The van der Waals surface area contributed by atoms with E-state index in [4.69, 9.17) is 28.5 Å². The van der Waals surface area contributed by atoms with E-state index in [1.165, 1.54) is 4.90 Å². The Kier molecular flexibility index (Phi) is 4.84. The molecule has 16 heavy (non-hydrogen) atoms. The third kappa shape index (κ3) is 3.26. The number of carbonyl (C=O) groups is 2. The zero-order valence-corrected chi connectivity index (χ0v) is 10.0. The number of rotatable bonds is 2. The monoisotopic (exact) mass is 263 g/mol. The van der Waals surface area contributed by atoms with Gasteiger partial charge in [0.15, 0.2) is 4.84 Å². The van der Waals surface area contributed by atoms with Gasteiger partial charge in [-0.25, -0.2) is 0 Å². The van der Waals surface area contributed by atoms with Gasteiger partial charge in [0.25, 0.3) is 5.91 Å². The molecule has 0 aliphatic carbocycles. The van der Waals surface area contributed by atoms with Gasteiger partial charge in [-0.15, -0.1) is 0 Å². The Morgan fingerprint density at radius 1 is 1.19 bits per heavy atom. The second kappa shape index (κ2) is 5.92. The van der Waals surface area contributed by atoms with Crippen LogP contribution < -0.4 is 0 Å². The van der Waals surface area contributed by atoms with Crippen LogP contribution in [0.2, 0.25) is 0 Å². The van der Waals surface area contributed by atoms with E-state index in [1.807, 2.05) is 0 Å². The average Bonchev–Trinajstić information content (AvgIpc) is 2.28. The second-order valence-corrected chi connectivity index (χ2v) is 4.44. The molecular formula is C9H11Cl2N3O2. The molecule has 0 aromatic carbocycles. The van der Waals surface area contributed by atoms with E-state index in [0.717, 1.165) is 0 Å². The van der Waals surface area contributed by atoms with Crippen molar-refractivity contribution in [2.45, 2.75) is 11.3 Å².